The summed E-state index contributed by atoms with van der Waals surface area (Å²) in [5.41, 5.74) is 6.30. The fraction of sp³-hybridized carbons (Fsp3) is 0.333. The maximum absolute atomic E-state index is 12.5. The molecular weight excluding hydrogens is 289 g/mol. The molecule has 0 bridgehead atoms. The van der Waals surface area contributed by atoms with Crippen LogP contribution < -0.4 is 5.73 Å². The summed E-state index contributed by atoms with van der Waals surface area (Å²) in [5.74, 6) is -0.918. The summed E-state index contributed by atoms with van der Waals surface area (Å²) in [7, 11) is 0. The van der Waals surface area contributed by atoms with Crippen LogP contribution in [0.4, 0.5) is 18.9 Å². The molecule has 9 heteroatoms. The Morgan fingerprint density at radius 3 is 2.76 bits per heavy atom. The SMILES string of the molecule is Nc1ccc2[nH]nc(C(=O)N(CCO)CC(F)(F)F)c2c1. The van der Waals surface area contributed by atoms with Crippen LogP contribution >= 0.6 is 0 Å². The number of benzene rings is 1. The number of fused-ring (bicyclic) bond motifs is 1. The Balaban J connectivity index is 2.36. The van der Waals surface area contributed by atoms with Gasteiger partial charge in [-0.2, -0.15) is 18.3 Å². The lowest BCUT2D eigenvalue weighted by Crippen LogP contribution is -2.40. The van der Waals surface area contributed by atoms with E-state index in [-0.39, 0.29) is 5.69 Å². The highest BCUT2D eigenvalue weighted by molar-refractivity contribution is 6.05. The molecule has 4 N–H and O–H groups in total. The zero-order valence-electron chi connectivity index (χ0n) is 10.8. The first-order valence-corrected chi connectivity index (χ1v) is 6.02. The molecule has 2 aromatic rings. The standard InChI is InChI=1S/C12H13F3N4O2/c13-12(14,15)6-19(3-4-20)11(21)10-8-5-7(16)1-2-9(8)17-18-10/h1-2,5,20H,3-4,6,16H2,(H,17,18). The van der Waals surface area contributed by atoms with Gasteiger partial charge in [0.05, 0.1) is 12.1 Å². The first-order valence-electron chi connectivity index (χ1n) is 6.02. The van der Waals surface area contributed by atoms with Crippen molar-refractivity contribution in [3.8, 4) is 0 Å². The monoisotopic (exact) mass is 302 g/mol. The molecule has 6 nitrogen and oxygen atoms in total. The van der Waals surface area contributed by atoms with Crippen LogP contribution in [0.5, 0.6) is 0 Å². The Morgan fingerprint density at radius 2 is 2.14 bits per heavy atom. The summed E-state index contributed by atoms with van der Waals surface area (Å²) in [5, 5.41) is 15.5. The van der Waals surface area contributed by atoms with E-state index in [0.29, 0.717) is 21.5 Å². The number of aliphatic hydroxyl groups is 1. The molecule has 0 saturated carbocycles. The second-order valence-electron chi connectivity index (χ2n) is 4.44. The number of anilines is 1. The lowest BCUT2D eigenvalue weighted by Gasteiger charge is -2.22. The van der Waals surface area contributed by atoms with Crippen LogP contribution in [0.3, 0.4) is 0 Å². The Labute approximate surface area is 117 Å². The van der Waals surface area contributed by atoms with Crippen LogP contribution in [0.2, 0.25) is 0 Å². The van der Waals surface area contributed by atoms with Crippen LogP contribution in [-0.2, 0) is 0 Å². The second-order valence-corrected chi connectivity index (χ2v) is 4.44. The van der Waals surface area contributed by atoms with Gasteiger partial charge in [0.15, 0.2) is 5.69 Å². The van der Waals surface area contributed by atoms with Crippen molar-refractivity contribution >= 4 is 22.5 Å². The first-order chi connectivity index (χ1) is 9.81. The molecule has 0 aliphatic rings. The molecule has 0 atom stereocenters. The number of nitrogens with zero attached hydrogens (tertiary/aromatic N) is 2. The van der Waals surface area contributed by atoms with Gasteiger partial charge in [0.25, 0.3) is 5.91 Å². The highest BCUT2D eigenvalue weighted by Crippen LogP contribution is 2.22. The van der Waals surface area contributed by atoms with Crippen LogP contribution in [-0.4, -0.2) is 52.0 Å². The van der Waals surface area contributed by atoms with Gasteiger partial charge in [0, 0.05) is 17.6 Å². The molecular formula is C12H13F3N4O2. The number of carbonyl (C=O) groups is 1. The summed E-state index contributed by atoms with van der Waals surface area (Å²) < 4.78 is 37.5. The van der Waals surface area contributed by atoms with Crippen LogP contribution in [0.25, 0.3) is 10.9 Å². The van der Waals surface area contributed by atoms with Gasteiger partial charge in [0.1, 0.15) is 6.54 Å². The first kappa shape index (κ1) is 15.1. The number of alkyl halides is 3. The van der Waals surface area contributed by atoms with E-state index in [1.54, 1.807) is 12.1 Å². The van der Waals surface area contributed by atoms with E-state index in [1.165, 1.54) is 6.07 Å². The third kappa shape index (κ3) is 3.43. The predicted molar refractivity (Wildman–Crippen MR) is 69.6 cm³/mol. The van der Waals surface area contributed by atoms with Gasteiger partial charge < -0.3 is 15.7 Å². The van der Waals surface area contributed by atoms with Gasteiger partial charge in [0.2, 0.25) is 0 Å². The third-order valence-corrected chi connectivity index (χ3v) is 2.82. The lowest BCUT2D eigenvalue weighted by molar-refractivity contribution is -0.141. The molecule has 0 saturated heterocycles. The molecule has 1 aromatic carbocycles. The van der Waals surface area contributed by atoms with Crippen molar-refractivity contribution in [2.75, 3.05) is 25.4 Å². The molecule has 0 unspecified atom stereocenters. The number of aromatic nitrogens is 2. The average molecular weight is 302 g/mol. The third-order valence-electron chi connectivity index (χ3n) is 2.82. The van der Waals surface area contributed by atoms with Crippen LogP contribution in [0, 0.1) is 0 Å². The molecule has 1 heterocycles. The summed E-state index contributed by atoms with van der Waals surface area (Å²) in [6.45, 7) is -2.47. The van der Waals surface area contributed by atoms with Gasteiger partial charge in [-0.05, 0) is 18.2 Å². The minimum atomic E-state index is -4.56. The van der Waals surface area contributed by atoms with Crippen molar-refractivity contribution in [1.29, 1.82) is 0 Å². The van der Waals surface area contributed by atoms with Gasteiger partial charge in [-0.1, -0.05) is 0 Å². The zero-order chi connectivity index (χ0) is 15.6. The van der Waals surface area contributed by atoms with Gasteiger partial charge in [-0.3, -0.25) is 9.89 Å². The van der Waals surface area contributed by atoms with E-state index < -0.39 is 31.8 Å². The number of aliphatic hydroxyl groups excluding tert-OH is 1. The molecule has 2 rings (SSSR count). The number of H-pyrrole nitrogens is 1. The number of amides is 1. The molecule has 0 fully saturated rings. The maximum Gasteiger partial charge on any atom is 0.406 e. The normalized spacial score (nSPS) is 11.8. The largest absolute Gasteiger partial charge is 0.406 e. The molecule has 114 valence electrons. The van der Waals surface area contributed by atoms with Crippen LogP contribution in [0.15, 0.2) is 18.2 Å². The molecule has 0 aliphatic heterocycles. The van der Waals surface area contributed by atoms with Crippen molar-refractivity contribution in [2.45, 2.75) is 6.18 Å². The summed E-state index contributed by atoms with van der Waals surface area (Å²) in [6.07, 6.45) is -4.56. The number of nitrogens with two attached hydrogens (primary N) is 1. The fourth-order valence-corrected chi connectivity index (χ4v) is 1.93. The van der Waals surface area contributed by atoms with Crippen molar-refractivity contribution in [2.24, 2.45) is 0 Å². The second kappa shape index (κ2) is 5.60. The molecule has 1 amide bonds. The Bertz CT molecular complexity index is 653. The number of halogens is 3. The Kier molecular flexibility index (Phi) is 4.03. The Morgan fingerprint density at radius 1 is 1.43 bits per heavy atom. The van der Waals surface area contributed by atoms with Gasteiger partial charge in [-0.15, -0.1) is 0 Å². The lowest BCUT2D eigenvalue weighted by atomic mass is 10.1. The highest BCUT2D eigenvalue weighted by atomic mass is 19.4. The van der Waals surface area contributed by atoms with E-state index in [2.05, 4.69) is 10.2 Å². The van der Waals surface area contributed by atoms with Crippen LogP contribution in [0.1, 0.15) is 10.5 Å². The average Bonchev–Trinajstić information content (AvgIpc) is 2.78. The fourth-order valence-electron chi connectivity index (χ4n) is 1.93. The van der Waals surface area contributed by atoms with Crippen molar-refractivity contribution in [1.82, 2.24) is 15.1 Å². The minimum absolute atomic E-state index is 0.157. The smallest absolute Gasteiger partial charge is 0.399 e. The number of nitrogen functional groups attached to an aromatic ring is 1. The van der Waals surface area contributed by atoms with Crippen molar-refractivity contribution < 1.29 is 23.1 Å². The molecule has 1 aromatic heterocycles. The predicted octanol–water partition coefficient (Wildman–Crippen LogP) is 1.14. The Hall–Kier alpha value is -2.29. The number of nitrogens with one attached hydrogen (secondary N) is 1. The van der Waals surface area contributed by atoms with E-state index in [1.807, 2.05) is 0 Å². The summed E-state index contributed by atoms with van der Waals surface area (Å²) >= 11 is 0. The zero-order valence-corrected chi connectivity index (χ0v) is 10.8. The molecule has 0 radical (unpaired) electrons. The number of hydrogen-bond acceptors (Lipinski definition) is 4. The molecule has 0 aliphatic carbocycles. The molecule has 0 spiro atoms. The topological polar surface area (TPSA) is 95.2 Å². The van der Waals surface area contributed by atoms with Gasteiger partial charge >= 0.3 is 6.18 Å². The van der Waals surface area contributed by atoms with E-state index in [0.717, 1.165) is 0 Å². The minimum Gasteiger partial charge on any atom is -0.399 e. The van der Waals surface area contributed by atoms with Crippen molar-refractivity contribution in [3.63, 3.8) is 0 Å². The van der Waals surface area contributed by atoms with E-state index in [4.69, 9.17) is 10.8 Å². The number of aromatic amines is 1. The highest BCUT2D eigenvalue weighted by Gasteiger charge is 2.34. The summed E-state index contributed by atoms with van der Waals surface area (Å²) in [6, 6.07) is 4.61. The number of hydrogen-bond donors (Lipinski definition) is 3. The van der Waals surface area contributed by atoms with Crippen molar-refractivity contribution in [3.05, 3.63) is 23.9 Å². The van der Waals surface area contributed by atoms with E-state index >= 15 is 0 Å². The number of rotatable bonds is 4. The molecule has 21 heavy (non-hydrogen) atoms. The number of carbonyl (C=O) groups excluding carboxylic acids is 1. The quantitative estimate of drug-likeness (QED) is 0.738. The van der Waals surface area contributed by atoms with E-state index in [9.17, 15) is 18.0 Å². The summed E-state index contributed by atoms with van der Waals surface area (Å²) in [4.78, 5) is 12.7. The maximum atomic E-state index is 12.5. The van der Waals surface area contributed by atoms with Gasteiger partial charge in [-0.25, -0.2) is 0 Å².